The van der Waals surface area contributed by atoms with Gasteiger partial charge in [0.15, 0.2) is 6.04 Å². The SMILES string of the molecule is CCCCOc1cc(C(F)(F)C(NN(O)Sc2ccc(OCC3CCCCC3)cc2)C(=O)N2CCC(N)CC2)ccc1Cl. The number of halogens is 3. The zero-order chi connectivity index (χ0) is 30.8. The van der Waals surface area contributed by atoms with Crippen molar-refractivity contribution in [2.45, 2.75) is 87.6 Å². The lowest BCUT2D eigenvalue weighted by Gasteiger charge is -2.36. The van der Waals surface area contributed by atoms with Crippen LogP contribution in [0.2, 0.25) is 5.02 Å². The van der Waals surface area contributed by atoms with E-state index >= 15 is 8.78 Å². The van der Waals surface area contributed by atoms with Crippen LogP contribution in [0, 0.1) is 5.92 Å². The van der Waals surface area contributed by atoms with Crippen LogP contribution in [-0.2, 0) is 10.7 Å². The van der Waals surface area contributed by atoms with Gasteiger partial charge in [-0.15, -0.1) is 0 Å². The zero-order valence-electron chi connectivity index (χ0n) is 24.7. The molecule has 1 unspecified atom stereocenters. The third-order valence-corrected chi connectivity index (χ3v) is 9.07. The van der Waals surface area contributed by atoms with E-state index in [0.29, 0.717) is 47.2 Å². The van der Waals surface area contributed by atoms with Gasteiger partial charge in [-0.25, -0.2) is 5.43 Å². The predicted molar refractivity (Wildman–Crippen MR) is 164 cm³/mol. The maximum Gasteiger partial charge on any atom is 0.298 e. The number of hydrazine groups is 1. The van der Waals surface area contributed by atoms with Crippen molar-refractivity contribution in [2.75, 3.05) is 26.3 Å². The first kappa shape index (κ1) is 33.7. The summed E-state index contributed by atoms with van der Waals surface area (Å²) in [4.78, 5) is 15.5. The molecule has 1 atom stereocenters. The maximum absolute atomic E-state index is 16.2. The third-order valence-electron chi connectivity index (χ3n) is 8.00. The number of piperidine rings is 1. The molecule has 0 radical (unpaired) electrons. The molecule has 1 aliphatic heterocycles. The Morgan fingerprint density at radius 1 is 1.14 bits per heavy atom. The van der Waals surface area contributed by atoms with E-state index in [1.165, 1.54) is 49.1 Å². The number of hydrogen-bond donors (Lipinski definition) is 3. The summed E-state index contributed by atoms with van der Waals surface area (Å²) in [7, 11) is 0. The molecule has 1 saturated heterocycles. The fourth-order valence-electron chi connectivity index (χ4n) is 5.31. The first-order chi connectivity index (χ1) is 20.7. The maximum atomic E-state index is 16.2. The molecule has 8 nitrogen and oxygen atoms in total. The molecule has 2 fully saturated rings. The monoisotopic (exact) mass is 640 g/mol. The van der Waals surface area contributed by atoms with E-state index < -0.39 is 23.4 Å². The Hall–Kier alpha value is -2.15. The Bertz CT molecular complexity index is 1160. The summed E-state index contributed by atoms with van der Waals surface area (Å²) < 4.78 is 44.4. The highest BCUT2D eigenvalue weighted by Gasteiger charge is 2.49. The van der Waals surface area contributed by atoms with Gasteiger partial charge in [-0.3, -0.25) is 10.0 Å². The van der Waals surface area contributed by atoms with E-state index in [2.05, 4.69) is 5.43 Å². The van der Waals surface area contributed by atoms with E-state index in [1.807, 2.05) is 6.92 Å². The van der Waals surface area contributed by atoms with Crippen LogP contribution in [0.4, 0.5) is 8.78 Å². The molecule has 2 aromatic rings. The van der Waals surface area contributed by atoms with E-state index in [1.54, 1.807) is 24.3 Å². The number of likely N-dealkylation sites (tertiary alicyclic amines) is 1. The number of nitrogens with one attached hydrogen (secondary N) is 1. The van der Waals surface area contributed by atoms with Crippen molar-refractivity contribution in [2.24, 2.45) is 11.7 Å². The van der Waals surface area contributed by atoms with Gasteiger partial charge in [0, 0.05) is 41.5 Å². The van der Waals surface area contributed by atoms with Gasteiger partial charge in [0.25, 0.3) is 5.92 Å². The number of alkyl halides is 2. The number of nitrogens with zero attached hydrogens (tertiary/aromatic N) is 2. The average molecular weight is 641 g/mol. The molecule has 43 heavy (non-hydrogen) atoms. The van der Waals surface area contributed by atoms with E-state index in [9.17, 15) is 10.0 Å². The minimum Gasteiger partial charge on any atom is -0.493 e. The lowest BCUT2D eigenvalue weighted by Crippen LogP contribution is -2.59. The van der Waals surface area contributed by atoms with Gasteiger partial charge in [0.1, 0.15) is 11.5 Å². The highest BCUT2D eigenvalue weighted by molar-refractivity contribution is 7.96. The quantitative estimate of drug-likeness (QED) is 0.118. The van der Waals surface area contributed by atoms with Crippen molar-refractivity contribution in [1.29, 1.82) is 0 Å². The Balaban J connectivity index is 1.47. The highest BCUT2D eigenvalue weighted by Crippen LogP contribution is 2.38. The molecule has 0 spiro atoms. The van der Waals surface area contributed by atoms with Gasteiger partial charge in [0.05, 0.1) is 18.2 Å². The summed E-state index contributed by atoms with van der Waals surface area (Å²) in [5.74, 6) is -3.20. The van der Waals surface area contributed by atoms with Crippen molar-refractivity contribution < 1.29 is 28.3 Å². The van der Waals surface area contributed by atoms with Crippen LogP contribution in [0.15, 0.2) is 47.4 Å². The van der Waals surface area contributed by atoms with Crippen molar-refractivity contribution in [1.82, 2.24) is 14.9 Å². The number of benzene rings is 2. The Morgan fingerprint density at radius 3 is 2.51 bits per heavy atom. The summed E-state index contributed by atoms with van der Waals surface area (Å²) >= 11 is 6.99. The molecule has 1 heterocycles. The predicted octanol–water partition coefficient (Wildman–Crippen LogP) is 6.79. The Morgan fingerprint density at radius 2 is 1.84 bits per heavy atom. The van der Waals surface area contributed by atoms with Crippen molar-refractivity contribution in [3.05, 3.63) is 53.1 Å². The Labute approximate surface area is 262 Å². The average Bonchev–Trinajstić information content (AvgIpc) is 3.01. The molecule has 1 saturated carbocycles. The molecule has 2 aromatic carbocycles. The van der Waals surface area contributed by atoms with Crippen molar-refractivity contribution in [3.63, 3.8) is 0 Å². The standard InChI is InChI=1S/C31H43ClF2N4O4S/c1-2-3-19-41-28-20-23(9-14-27(28)32)31(33,34)29(30(39)37-17-15-24(35)16-18-37)36-38(40)43-26-12-10-25(11-13-26)42-21-22-7-5-4-6-8-22/h9-14,20,22,24,29,36,40H,2-8,15-19,21,35H2,1H3. The summed E-state index contributed by atoms with van der Waals surface area (Å²) in [6.07, 6.45) is 8.74. The number of rotatable bonds is 14. The second-order valence-electron chi connectivity index (χ2n) is 11.3. The van der Waals surface area contributed by atoms with Crippen molar-refractivity contribution >= 4 is 29.5 Å². The van der Waals surface area contributed by atoms with Crippen LogP contribution < -0.4 is 20.6 Å². The normalized spacial score (nSPS) is 17.7. The second kappa shape index (κ2) is 16.2. The third kappa shape index (κ3) is 9.67. The highest BCUT2D eigenvalue weighted by atomic mass is 35.5. The second-order valence-corrected chi connectivity index (χ2v) is 12.8. The van der Waals surface area contributed by atoms with Gasteiger partial charge in [-0.2, -0.15) is 8.78 Å². The number of nitrogens with two attached hydrogens (primary N) is 1. The van der Waals surface area contributed by atoms with Crippen LogP contribution in [0.3, 0.4) is 0 Å². The number of amides is 1. The minimum atomic E-state index is -3.73. The number of unbranched alkanes of at least 4 members (excludes halogenated alkanes) is 1. The number of ether oxygens (including phenoxy) is 2. The van der Waals surface area contributed by atoms with E-state index in [-0.39, 0.29) is 29.9 Å². The first-order valence-corrected chi connectivity index (χ1v) is 16.3. The summed E-state index contributed by atoms with van der Waals surface area (Å²) in [6.45, 7) is 3.48. The van der Waals surface area contributed by atoms with Gasteiger partial charge >= 0.3 is 0 Å². The fraction of sp³-hybridized carbons (Fsp3) is 0.581. The van der Waals surface area contributed by atoms with Gasteiger partial charge in [0.2, 0.25) is 5.91 Å². The molecule has 0 bridgehead atoms. The van der Waals surface area contributed by atoms with Gasteiger partial charge < -0.3 is 20.1 Å². The molecule has 2 aliphatic rings. The topological polar surface area (TPSA) is 100 Å². The van der Waals surface area contributed by atoms with Gasteiger partial charge in [-0.1, -0.05) is 54.9 Å². The zero-order valence-corrected chi connectivity index (χ0v) is 26.2. The lowest BCUT2D eigenvalue weighted by atomic mass is 9.90. The summed E-state index contributed by atoms with van der Waals surface area (Å²) in [6, 6.07) is 8.48. The first-order valence-electron chi connectivity index (χ1n) is 15.2. The molecule has 0 aromatic heterocycles. The fourth-order valence-corrected chi connectivity index (χ4v) is 6.10. The van der Waals surface area contributed by atoms with Gasteiger partial charge in [-0.05, 0) is 74.4 Å². The molecule has 4 N–H and O–H groups in total. The van der Waals surface area contributed by atoms with Crippen molar-refractivity contribution in [3.8, 4) is 11.5 Å². The molecule has 238 valence electrons. The number of hydrogen-bond acceptors (Lipinski definition) is 8. The molecular weight excluding hydrogens is 598 g/mol. The van der Waals surface area contributed by atoms with Crippen LogP contribution in [-0.4, -0.2) is 59.0 Å². The lowest BCUT2D eigenvalue weighted by molar-refractivity contribution is -0.159. The summed E-state index contributed by atoms with van der Waals surface area (Å²) in [5.41, 5.74) is 7.87. The molecule has 12 heteroatoms. The summed E-state index contributed by atoms with van der Waals surface area (Å²) in [5, 5.41) is 10.9. The molecule has 1 amide bonds. The van der Waals surface area contributed by atoms with Crippen LogP contribution in [0.1, 0.15) is 70.3 Å². The molecular formula is C31H43ClF2N4O4S. The minimum absolute atomic E-state index is 0.0884. The smallest absolute Gasteiger partial charge is 0.298 e. The molecule has 4 rings (SSSR count). The number of carbonyl (C=O) groups is 1. The molecule has 1 aliphatic carbocycles. The van der Waals surface area contributed by atoms with E-state index in [0.717, 1.165) is 30.9 Å². The van der Waals surface area contributed by atoms with Crippen LogP contribution in [0.5, 0.6) is 11.5 Å². The number of carbonyl (C=O) groups excluding carboxylic acids is 1. The Kier molecular flexibility index (Phi) is 12.7. The van der Waals surface area contributed by atoms with E-state index in [4.69, 9.17) is 26.8 Å². The van der Waals surface area contributed by atoms with Crippen LogP contribution in [0.25, 0.3) is 0 Å². The largest absolute Gasteiger partial charge is 0.493 e. The van der Waals surface area contributed by atoms with Crippen LogP contribution >= 0.6 is 23.5 Å².